The number of carbonyl (C=O) groups excluding carboxylic acids is 1. The molecule has 6 heteroatoms. The molecule has 0 bridgehead atoms. The topological polar surface area (TPSA) is 55.3 Å². The Labute approximate surface area is 191 Å². The maximum Gasteiger partial charge on any atom is 0.265 e. The lowest BCUT2D eigenvalue weighted by Gasteiger charge is -2.30. The number of amides is 1. The summed E-state index contributed by atoms with van der Waals surface area (Å²) in [4.78, 5) is 23.7. The van der Waals surface area contributed by atoms with Crippen molar-refractivity contribution in [1.82, 2.24) is 9.97 Å². The van der Waals surface area contributed by atoms with Crippen molar-refractivity contribution in [3.05, 3.63) is 83.4 Å². The third-order valence-electron chi connectivity index (χ3n) is 5.57. The number of aromatic nitrogens is 2. The highest BCUT2D eigenvalue weighted by molar-refractivity contribution is 7.13. The molecule has 3 heterocycles. The second kappa shape index (κ2) is 8.55. The van der Waals surface area contributed by atoms with Gasteiger partial charge in [-0.3, -0.25) is 9.78 Å². The summed E-state index contributed by atoms with van der Waals surface area (Å²) in [7, 11) is 0. The number of thiazole rings is 1. The molecule has 0 unspecified atom stereocenters. The molecule has 0 N–H and O–H groups in total. The third kappa shape index (κ3) is 4.01. The van der Waals surface area contributed by atoms with Crippen molar-refractivity contribution in [1.29, 1.82) is 0 Å². The molecular weight excluding hydrogens is 418 g/mol. The molecule has 2 aromatic heterocycles. The molecular formula is C26H23N3O2S. The minimum absolute atomic E-state index is 0.0463. The van der Waals surface area contributed by atoms with Crippen LogP contribution < -0.4 is 9.64 Å². The summed E-state index contributed by atoms with van der Waals surface area (Å²) in [6.07, 6.45) is 1.77. The molecule has 160 valence electrons. The highest BCUT2D eigenvalue weighted by Crippen LogP contribution is 2.38. The van der Waals surface area contributed by atoms with E-state index in [0.717, 1.165) is 33.2 Å². The van der Waals surface area contributed by atoms with Gasteiger partial charge in [0.1, 0.15) is 10.8 Å². The Kier molecular flexibility index (Phi) is 5.45. The number of anilines is 1. The van der Waals surface area contributed by atoms with Crippen LogP contribution in [0.25, 0.3) is 22.0 Å². The van der Waals surface area contributed by atoms with E-state index in [1.165, 1.54) is 5.56 Å². The molecule has 5 rings (SSSR count). The van der Waals surface area contributed by atoms with Crippen molar-refractivity contribution in [2.45, 2.75) is 26.3 Å². The number of hydrogen-bond acceptors (Lipinski definition) is 5. The minimum Gasteiger partial charge on any atom is -0.482 e. The van der Waals surface area contributed by atoms with Gasteiger partial charge in [0.2, 0.25) is 0 Å². The van der Waals surface area contributed by atoms with E-state index in [1.54, 1.807) is 22.4 Å². The SMILES string of the molecule is CC(C)c1ccc(CN2C(=O)COc3ccc(-c4csc(-c5ccccn5)n4)cc32)cc1. The van der Waals surface area contributed by atoms with Crippen molar-refractivity contribution >= 4 is 22.9 Å². The van der Waals surface area contributed by atoms with Gasteiger partial charge in [-0.1, -0.05) is 44.2 Å². The maximum absolute atomic E-state index is 12.8. The molecule has 0 radical (unpaired) electrons. The zero-order valence-electron chi connectivity index (χ0n) is 18.0. The van der Waals surface area contributed by atoms with E-state index in [-0.39, 0.29) is 12.5 Å². The maximum atomic E-state index is 12.8. The van der Waals surface area contributed by atoms with E-state index in [1.807, 2.05) is 41.8 Å². The van der Waals surface area contributed by atoms with Gasteiger partial charge in [-0.25, -0.2) is 4.98 Å². The highest BCUT2D eigenvalue weighted by atomic mass is 32.1. The standard InChI is InChI=1S/C26H23N3O2S/c1-17(2)19-8-6-18(7-9-19)14-29-23-13-20(10-11-24(23)31-15-25(29)30)22-16-32-26(28-22)21-5-3-4-12-27-21/h3-13,16-17H,14-15H2,1-2H3. The van der Waals surface area contributed by atoms with Crippen LogP contribution in [0.15, 0.2) is 72.2 Å². The van der Waals surface area contributed by atoms with Crippen molar-refractivity contribution < 1.29 is 9.53 Å². The normalized spacial score (nSPS) is 13.2. The Hall–Kier alpha value is -3.51. The summed E-state index contributed by atoms with van der Waals surface area (Å²) in [6, 6.07) is 20.2. The van der Waals surface area contributed by atoms with Crippen molar-refractivity contribution in [3.63, 3.8) is 0 Å². The summed E-state index contributed by atoms with van der Waals surface area (Å²) < 4.78 is 5.70. The molecule has 1 amide bonds. The molecule has 0 atom stereocenters. The molecule has 0 aliphatic carbocycles. The average molecular weight is 442 g/mol. The lowest BCUT2D eigenvalue weighted by Crippen LogP contribution is -2.38. The van der Waals surface area contributed by atoms with Crippen LogP contribution in [-0.2, 0) is 11.3 Å². The van der Waals surface area contributed by atoms with Crippen LogP contribution in [0, 0.1) is 0 Å². The van der Waals surface area contributed by atoms with Gasteiger partial charge in [0.15, 0.2) is 6.61 Å². The Bertz CT molecular complexity index is 1250. The quantitative estimate of drug-likeness (QED) is 0.386. The predicted octanol–water partition coefficient (Wildman–Crippen LogP) is 5.92. The Morgan fingerprint density at radius 1 is 1.06 bits per heavy atom. The van der Waals surface area contributed by atoms with Gasteiger partial charge in [0.05, 0.1) is 23.6 Å². The molecule has 0 saturated carbocycles. The minimum atomic E-state index is -0.0463. The second-order valence-electron chi connectivity index (χ2n) is 8.10. The smallest absolute Gasteiger partial charge is 0.265 e. The molecule has 1 aliphatic heterocycles. The number of benzene rings is 2. The van der Waals surface area contributed by atoms with E-state index in [4.69, 9.17) is 9.72 Å². The van der Waals surface area contributed by atoms with Crippen molar-refractivity contribution in [2.24, 2.45) is 0 Å². The largest absolute Gasteiger partial charge is 0.482 e. The van der Waals surface area contributed by atoms with Gasteiger partial charge in [-0.15, -0.1) is 11.3 Å². The number of ether oxygens (including phenoxy) is 1. The van der Waals surface area contributed by atoms with E-state index in [0.29, 0.717) is 18.2 Å². The number of pyridine rings is 1. The molecule has 4 aromatic rings. The van der Waals surface area contributed by atoms with Crippen LogP contribution in [0.5, 0.6) is 5.75 Å². The number of hydrogen-bond donors (Lipinski definition) is 0. The van der Waals surface area contributed by atoms with Crippen molar-refractivity contribution in [3.8, 4) is 27.7 Å². The number of carbonyl (C=O) groups is 1. The molecule has 0 spiro atoms. The number of fused-ring (bicyclic) bond motifs is 1. The van der Waals surface area contributed by atoms with Crippen LogP contribution in [0.3, 0.4) is 0 Å². The molecule has 2 aromatic carbocycles. The number of nitrogens with zero attached hydrogens (tertiary/aromatic N) is 3. The predicted molar refractivity (Wildman–Crippen MR) is 128 cm³/mol. The van der Waals surface area contributed by atoms with Crippen LogP contribution in [0.1, 0.15) is 30.9 Å². The molecule has 0 fully saturated rings. The van der Waals surface area contributed by atoms with Gasteiger partial charge < -0.3 is 9.64 Å². The van der Waals surface area contributed by atoms with Crippen LogP contribution in [0.2, 0.25) is 0 Å². The summed E-state index contributed by atoms with van der Waals surface area (Å²) in [6.45, 7) is 4.91. The zero-order chi connectivity index (χ0) is 22.1. The first-order chi connectivity index (χ1) is 15.6. The summed E-state index contributed by atoms with van der Waals surface area (Å²) in [5, 5.41) is 2.89. The van der Waals surface area contributed by atoms with E-state index in [2.05, 4.69) is 43.1 Å². The van der Waals surface area contributed by atoms with Crippen LogP contribution in [0.4, 0.5) is 5.69 Å². The zero-order valence-corrected chi connectivity index (χ0v) is 18.8. The first-order valence-corrected chi connectivity index (χ1v) is 11.5. The van der Waals surface area contributed by atoms with Gasteiger partial charge >= 0.3 is 0 Å². The molecule has 0 saturated heterocycles. The fraction of sp³-hybridized carbons (Fsp3) is 0.192. The lowest BCUT2D eigenvalue weighted by atomic mass is 10.0. The fourth-order valence-electron chi connectivity index (χ4n) is 3.74. The first kappa shape index (κ1) is 20.4. The molecule has 1 aliphatic rings. The fourth-order valence-corrected chi connectivity index (χ4v) is 4.54. The van der Waals surface area contributed by atoms with Gasteiger partial charge in [0.25, 0.3) is 5.91 Å². The number of rotatable bonds is 5. The van der Waals surface area contributed by atoms with E-state index in [9.17, 15) is 4.79 Å². The van der Waals surface area contributed by atoms with Gasteiger partial charge in [-0.2, -0.15) is 0 Å². The van der Waals surface area contributed by atoms with E-state index >= 15 is 0 Å². The molecule has 5 nitrogen and oxygen atoms in total. The van der Waals surface area contributed by atoms with Gasteiger partial charge in [0, 0.05) is 17.1 Å². The third-order valence-corrected chi connectivity index (χ3v) is 6.44. The molecule has 32 heavy (non-hydrogen) atoms. The summed E-state index contributed by atoms with van der Waals surface area (Å²) in [5.41, 5.74) is 5.81. The lowest BCUT2D eigenvalue weighted by molar-refractivity contribution is -0.121. The van der Waals surface area contributed by atoms with E-state index < -0.39 is 0 Å². The Morgan fingerprint density at radius 2 is 1.91 bits per heavy atom. The van der Waals surface area contributed by atoms with Gasteiger partial charge in [-0.05, 0) is 47.4 Å². The monoisotopic (exact) mass is 441 g/mol. The summed E-state index contributed by atoms with van der Waals surface area (Å²) in [5.74, 6) is 1.15. The van der Waals surface area contributed by atoms with Crippen LogP contribution >= 0.6 is 11.3 Å². The van der Waals surface area contributed by atoms with Crippen LogP contribution in [-0.4, -0.2) is 22.5 Å². The Morgan fingerprint density at radius 3 is 2.66 bits per heavy atom. The average Bonchev–Trinajstić information content (AvgIpc) is 3.32. The highest BCUT2D eigenvalue weighted by Gasteiger charge is 2.26. The Balaban J connectivity index is 1.45. The summed E-state index contributed by atoms with van der Waals surface area (Å²) >= 11 is 1.56. The van der Waals surface area contributed by atoms with Crippen molar-refractivity contribution in [2.75, 3.05) is 11.5 Å². The first-order valence-electron chi connectivity index (χ1n) is 10.6. The second-order valence-corrected chi connectivity index (χ2v) is 8.96.